The van der Waals surface area contributed by atoms with Crippen LogP contribution in [0.1, 0.15) is 30.6 Å². The summed E-state index contributed by atoms with van der Waals surface area (Å²) >= 11 is 0. The van der Waals surface area contributed by atoms with Crippen molar-refractivity contribution in [2.24, 2.45) is 0 Å². The molecule has 0 aromatic heterocycles. The summed E-state index contributed by atoms with van der Waals surface area (Å²) in [4.78, 5) is 13.5. The highest BCUT2D eigenvalue weighted by Crippen LogP contribution is 2.36. The number of para-hydroxylation sites is 1. The van der Waals surface area contributed by atoms with Gasteiger partial charge in [0.05, 0.1) is 18.4 Å². The summed E-state index contributed by atoms with van der Waals surface area (Å²) in [5, 5.41) is 9.94. The Morgan fingerprint density at radius 2 is 2.35 bits per heavy atom. The molecule has 2 rings (SSSR count). The largest absolute Gasteiger partial charge is 0.449 e. The van der Waals surface area contributed by atoms with Crippen molar-refractivity contribution in [2.75, 3.05) is 18.1 Å². The van der Waals surface area contributed by atoms with Crippen LogP contribution in [0.3, 0.4) is 0 Å². The number of carbonyl (C=O) groups is 1. The molecule has 17 heavy (non-hydrogen) atoms. The molecule has 1 amide bonds. The van der Waals surface area contributed by atoms with Gasteiger partial charge in [0.1, 0.15) is 0 Å². The average Bonchev–Trinajstić information content (AvgIpc) is 2.31. The van der Waals surface area contributed by atoms with Gasteiger partial charge in [-0.15, -0.1) is 0 Å². The van der Waals surface area contributed by atoms with E-state index >= 15 is 0 Å². The fourth-order valence-electron chi connectivity index (χ4n) is 2.22. The summed E-state index contributed by atoms with van der Waals surface area (Å²) in [5.41, 5.74) is 2.59. The molecule has 1 N–H and O–H groups in total. The molecule has 0 saturated heterocycles. The van der Waals surface area contributed by atoms with Gasteiger partial charge >= 0.3 is 6.09 Å². The molecule has 1 aliphatic heterocycles. The lowest BCUT2D eigenvalue weighted by molar-refractivity contribution is 0.146. The van der Waals surface area contributed by atoms with Crippen LogP contribution in [0.4, 0.5) is 10.5 Å². The molecule has 1 aromatic rings. The third-order valence-corrected chi connectivity index (χ3v) is 3.01. The molecule has 0 saturated carbocycles. The van der Waals surface area contributed by atoms with Crippen LogP contribution in [0.2, 0.25) is 0 Å². The molecule has 1 heterocycles. The fourth-order valence-corrected chi connectivity index (χ4v) is 2.22. The molecule has 4 heteroatoms. The summed E-state index contributed by atoms with van der Waals surface area (Å²) in [7, 11) is 0. The Morgan fingerprint density at radius 1 is 1.59 bits per heavy atom. The number of rotatable bonds is 1. The van der Waals surface area contributed by atoms with Gasteiger partial charge in [-0.05, 0) is 25.8 Å². The average molecular weight is 235 g/mol. The van der Waals surface area contributed by atoms with Crippen molar-refractivity contribution in [3.8, 4) is 0 Å². The first-order valence-electron chi connectivity index (χ1n) is 5.87. The van der Waals surface area contributed by atoms with Crippen molar-refractivity contribution in [2.45, 2.75) is 26.4 Å². The molecule has 0 radical (unpaired) electrons. The van der Waals surface area contributed by atoms with E-state index < -0.39 is 6.10 Å². The smallest absolute Gasteiger partial charge is 0.414 e. The van der Waals surface area contributed by atoms with E-state index in [4.69, 9.17) is 4.74 Å². The predicted molar refractivity (Wildman–Crippen MR) is 65.1 cm³/mol. The lowest BCUT2D eigenvalue weighted by Gasteiger charge is -2.32. The zero-order valence-electron chi connectivity index (χ0n) is 10.1. The monoisotopic (exact) mass is 235 g/mol. The number of benzene rings is 1. The number of fused-ring (bicyclic) bond motifs is 1. The second-order valence-electron chi connectivity index (χ2n) is 4.17. The number of aliphatic hydroxyl groups excluding tert-OH is 1. The SMILES string of the molecule is CCOC(=O)N1CCC(O)c2cccc(C)c21. The topological polar surface area (TPSA) is 49.8 Å². The first-order valence-corrected chi connectivity index (χ1v) is 5.87. The van der Waals surface area contributed by atoms with E-state index in [1.54, 1.807) is 11.8 Å². The van der Waals surface area contributed by atoms with E-state index in [0.717, 1.165) is 16.8 Å². The molecule has 1 aliphatic rings. The highest BCUT2D eigenvalue weighted by molar-refractivity contribution is 5.90. The lowest BCUT2D eigenvalue weighted by atomic mass is 9.96. The number of anilines is 1. The van der Waals surface area contributed by atoms with Crippen molar-refractivity contribution in [3.05, 3.63) is 29.3 Å². The van der Waals surface area contributed by atoms with E-state index in [1.807, 2.05) is 25.1 Å². The Morgan fingerprint density at radius 3 is 3.06 bits per heavy atom. The van der Waals surface area contributed by atoms with Crippen molar-refractivity contribution in [1.82, 2.24) is 0 Å². The van der Waals surface area contributed by atoms with Gasteiger partial charge in [0.25, 0.3) is 0 Å². The van der Waals surface area contributed by atoms with E-state index in [9.17, 15) is 9.90 Å². The quantitative estimate of drug-likeness (QED) is 0.813. The summed E-state index contributed by atoms with van der Waals surface area (Å²) in [6.07, 6.45) is -0.277. The standard InChI is InChI=1S/C13H17NO3/c1-3-17-13(16)14-8-7-11(15)10-6-4-5-9(2)12(10)14/h4-6,11,15H,3,7-8H2,1-2H3. The van der Waals surface area contributed by atoms with Crippen LogP contribution in [0, 0.1) is 6.92 Å². The maximum absolute atomic E-state index is 11.8. The number of ether oxygens (including phenoxy) is 1. The minimum absolute atomic E-state index is 0.338. The van der Waals surface area contributed by atoms with Crippen LogP contribution in [0.25, 0.3) is 0 Å². The predicted octanol–water partition coefficient (Wildman–Crippen LogP) is 2.40. The van der Waals surface area contributed by atoms with Gasteiger partial charge in [0.15, 0.2) is 0 Å². The van der Waals surface area contributed by atoms with Gasteiger partial charge in [-0.2, -0.15) is 0 Å². The van der Waals surface area contributed by atoms with Gasteiger partial charge in [-0.1, -0.05) is 18.2 Å². The molecule has 0 bridgehead atoms. The molecule has 1 unspecified atom stereocenters. The van der Waals surface area contributed by atoms with Crippen molar-refractivity contribution in [3.63, 3.8) is 0 Å². The van der Waals surface area contributed by atoms with Gasteiger partial charge in [0.2, 0.25) is 0 Å². The third kappa shape index (κ3) is 2.13. The Labute approximate surface area is 101 Å². The summed E-state index contributed by atoms with van der Waals surface area (Å²) in [5.74, 6) is 0. The van der Waals surface area contributed by atoms with Crippen LogP contribution < -0.4 is 4.90 Å². The maximum Gasteiger partial charge on any atom is 0.414 e. The van der Waals surface area contributed by atoms with Gasteiger partial charge in [-0.25, -0.2) is 4.79 Å². The van der Waals surface area contributed by atoms with Crippen molar-refractivity contribution in [1.29, 1.82) is 0 Å². The first kappa shape index (κ1) is 11.9. The zero-order valence-corrected chi connectivity index (χ0v) is 10.1. The van der Waals surface area contributed by atoms with Crippen molar-refractivity contribution >= 4 is 11.8 Å². The Bertz CT molecular complexity index is 431. The highest BCUT2D eigenvalue weighted by Gasteiger charge is 2.29. The molecule has 0 spiro atoms. The maximum atomic E-state index is 11.8. The number of aryl methyl sites for hydroxylation is 1. The van der Waals surface area contributed by atoms with Crippen LogP contribution in [0.15, 0.2) is 18.2 Å². The Balaban J connectivity index is 2.41. The molecule has 92 valence electrons. The molecule has 1 aromatic carbocycles. The van der Waals surface area contributed by atoms with E-state index in [-0.39, 0.29) is 6.09 Å². The fraction of sp³-hybridized carbons (Fsp3) is 0.462. The molecule has 4 nitrogen and oxygen atoms in total. The Hall–Kier alpha value is -1.55. The molecule has 0 aliphatic carbocycles. The van der Waals surface area contributed by atoms with Crippen molar-refractivity contribution < 1.29 is 14.6 Å². The molecular formula is C13H17NO3. The van der Waals surface area contributed by atoms with Crippen LogP contribution in [0.5, 0.6) is 0 Å². The van der Waals surface area contributed by atoms with Gasteiger partial charge < -0.3 is 9.84 Å². The Kier molecular flexibility index (Phi) is 3.33. The van der Waals surface area contributed by atoms with Gasteiger partial charge in [0, 0.05) is 12.1 Å². The third-order valence-electron chi connectivity index (χ3n) is 3.01. The lowest BCUT2D eigenvalue weighted by Crippen LogP contribution is -2.37. The first-order chi connectivity index (χ1) is 8.15. The number of hydrogen-bond donors (Lipinski definition) is 1. The van der Waals surface area contributed by atoms with Crippen LogP contribution in [-0.2, 0) is 4.74 Å². The second-order valence-corrected chi connectivity index (χ2v) is 4.17. The summed E-state index contributed by atoms with van der Waals surface area (Å²) < 4.78 is 5.03. The van der Waals surface area contributed by atoms with Crippen LogP contribution in [-0.4, -0.2) is 24.4 Å². The number of carbonyl (C=O) groups excluding carboxylic acids is 1. The summed E-state index contributed by atoms with van der Waals surface area (Å²) in [6, 6.07) is 5.69. The van der Waals surface area contributed by atoms with Crippen LogP contribution >= 0.6 is 0 Å². The number of amides is 1. The van der Waals surface area contributed by atoms with E-state index in [0.29, 0.717) is 19.6 Å². The number of aliphatic hydroxyl groups is 1. The highest BCUT2D eigenvalue weighted by atomic mass is 16.6. The molecular weight excluding hydrogens is 218 g/mol. The minimum Gasteiger partial charge on any atom is -0.449 e. The van der Waals surface area contributed by atoms with E-state index in [2.05, 4.69) is 0 Å². The molecule has 0 fully saturated rings. The second kappa shape index (κ2) is 4.75. The summed E-state index contributed by atoms with van der Waals surface area (Å²) in [6.45, 7) is 4.58. The molecule has 1 atom stereocenters. The number of hydrogen-bond acceptors (Lipinski definition) is 3. The zero-order chi connectivity index (χ0) is 12.4. The minimum atomic E-state index is -0.490. The van der Waals surface area contributed by atoms with Gasteiger partial charge in [-0.3, -0.25) is 4.90 Å². The van der Waals surface area contributed by atoms with E-state index in [1.165, 1.54) is 0 Å². The number of nitrogens with zero attached hydrogens (tertiary/aromatic N) is 1. The normalized spacial score (nSPS) is 18.8.